The Balaban J connectivity index is 2.86. The van der Waals surface area contributed by atoms with Gasteiger partial charge in [-0.1, -0.05) is 20.8 Å². The average molecular weight is 166 g/mol. The van der Waals surface area contributed by atoms with Gasteiger partial charge in [-0.05, 0) is 31.2 Å². The Morgan fingerprint density at radius 3 is 2.42 bits per heavy atom. The monoisotopic (exact) mass is 166 g/mol. The van der Waals surface area contributed by atoms with Crippen LogP contribution in [0.15, 0.2) is 0 Å². The summed E-state index contributed by atoms with van der Waals surface area (Å²) in [5.74, 6) is 0. The first-order chi connectivity index (χ1) is 5.58. The molecule has 0 spiro atoms. The molecule has 0 saturated heterocycles. The Labute approximate surface area is 75.0 Å². The molecule has 1 aliphatic carbocycles. The van der Waals surface area contributed by atoms with Gasteiger partial charge in [0.25, 0.3) is 0 Å². The van der Waals surface area contributed by atoms with E-state index < -0.39 is 0 Å². The smallest absolute Gasteiger partial charge is 0.111 e. The molecule has 2 nitrogen and oxygen atoms in total. The Morgan fingerprint density at radius 1 is 1.42 bits per heavy atom. The SMILES string of the molecule is CCNC1(C#N)CCCC1(C)C. The lowest BCUT2D eigenvalue weighted by Crippen LogP contribution is -2.51. The maximum Gasteiger partial charge on any atom is 0.111 e. The van der Waals surface area contributed by atoms with Crippen LogP contribution in [0, 0.1) is 16.7 Å². The number of hydrogen-bond acceptors (Lipinski definition) is 2. The molecule has 0 aromatic carbocycles. The highest BCUT2D eigenvalue weighted by Gasteiger charge is 2.48. The molecule has 0 radical (unpaired) electrons. The summed E-state index contributed by atoms with van der Waals surface area (Å²) in [5.41, 5.74) is -0.125. The second-order valence-corrected chi connectivity index (χ2v) is 4.28. The van der Waals surface area contributed by atoms with Gasteiger partial charge < -0.3 is 0 Å². The summed E-state index contributed by atoms with van der Waals surface area (Å²) in [6.07, 6.45) is 3.34. The van der Waals surface area contributed by atoms with E-state index in [0.717, 1.165) is 19.4 Å². The standard InChI is InChI=1S/C10H18N2/c1-4-12-10(8-11)7-5-6-9(10,2)3/h12H,4-7H2,1-3H3. The molecule has 1 unspecified atom stereocenters. The highest BCUT2D eigenvalue weighted by molar-refractivity contribution is 5.18. The molecule has 0 aliphatic heterocycles. The van der Waals surface area contributed by atoms with E-state index in [1.807, 2.05) is 0 Å². The van der Waals surface area contributed by atoms with Crippen LogP contribution in [0.2, 0.25) is 0 Å². The van der Waals surface area contributed by atoms with E-state index in [-0.39, 0.29) is 11.0 Å². The fourth-order valence-corrected chi connectivity index (χ4v) is 2.22. The maximum atomic E-state index is 9.17. The minimum atomic E-state index is -0.262. The molecule has 0 heterocycles. The number of nitrogens with one attached hydrogen (secondary N) is 1. The maximum absolute atomic E-state index is 9.17. The summed E-state index contributed by atoms with van der Waals surface area (Å²) in [4.78, 5) is 0. The summed E-state index contributed by atoms with van der Waals surface area (Å²) >= 11 is 0. The number of hydrogen-bond donors (Lipinski definition) is 1. The molecule has 0 bridgehead atoms. The molecule has 68 valence electrons. The molecule has 1 fully saturated rings. The molecule has 1 rings (SSSR count). The van der Waals surface area contributed by atoms with Gasteiger partial charge >= 0.3 is 0 Å². The largest absolute Gasteiger partial charge is 0.299 e. The summed E-state index contributed by atoms with van der Waals surface area (Å²) < 4.78 is 0. The van der Waals surface area contributed by atoms with Crippen LogP contribution in [0.1, 0.15) is 40.0 Å². The second-order valence-electron chi connectivity index (χ2n) is 4.28. The number of rotatable bonds is 2. The molecule has 1 aliphatic rings. The zero-order chi connectivity index (χ0) is 9.24. The Hall–Kier alpha value is -0.550. The van der Waals surface area contributed by atoms with E-state index in [2.05, 4.69) is 32.2 Å². The molecule has 1 atom stereocenters. The van der Waals surface area contributed by atoms with Crippen molar-refractivity contribution in [3.63, 3.8) is 0 Å². The van der Waals surface area contributed by atoms with Crippen molar-refractivity contribution < 1.29 is 0 Å². The number of nitriles is 1. The zero-order valence-corrected chi connectivity index (χ0v) is 8.28. The zero-order valence-electron chi connectivity index (χ0n) is 8.28. The lowest BCUT2D eigenvalue weighted by molar-refractivity contribution is 0.219. The third-order valence-electron chi connectivity index (χ3n) is 3.18. The van der Waals surface area contributed by atoms with Crippen molar-refractivity contribution in [3.8, 4) is 6.07 Å². The highest BCUT2D eigenvalue weighted by Crippen LogP contribution is 2.45. The van der Waals surface area contributed by atoms with Crippen molar-refractivity contribution in [2.45, 2.75) is 45.6 Å². The molecule has 12 heavy (non-hydrogen) atoms. The van der Waals surface area contributed by atoms with Crippen LogP contribution in [0.3, 0.4) is 0 Å². The average Bonchev–Trinajstić information content (AvgIpc) is 2.29. The summed E-state index contributed by atoms with van der Waals surface area (Å²) in [5, 5.41) is 12.5. The lowest BCUT2D eigenvalue weighted by atomic mass is 9.76. The van der Waals surface area contributed by atoms with E-state index in [1.54, 1.807) is 0 Å². The summed E-state index contributed by atoms with van der Waals surface area (Å²) in [7, 11) is 0. The van der Waals surface area contributed by atoms with Crippen molar-refractivity contribution in [1.82, 2.24) is 5.32 Å². The van der Waals surface area contributed by atoms with Crippen LogP contribution < -0.4 is 5.32 Å². The van der Waals surface area contributed by atoms with Gasteiger partial charge in [-0.15, -0.1) is 0 Å². The minimum absolute atomic E-state index is 0.137. The molecule has 1 N–H and O–H groups in total. The van der Waals surface area contributed by atoms with Crippen LogP contribution in [0.5, 0.6) is 0 Å². The molecule has 2 heteroatoms. The predicted molar refractivity (Wildman–Crippen MR) is 49.7 cm³/mol. The first-order valence-corrected chi connectivity index (χ1v) is 4.74. The molecular formula is C10H18N2. The predicted octanol–water partition coefficient (Wildman–Crippen LogP) is 2.07. The summed E-state index contributed by atoms with van der Waals surface area (Å²) in [6, 6.07) is 2.46. The molecule has 1 saturated carbocycles. The van der Waals surface area contributed by atoms with E-state index >= 15 is 0 Å². The minimum Gasteiger partial charge on any atom is -0.299 e. The van der Waals surface area contributed by atoms with Crippen LogP contribution in [-0.4, -0.2) is 12.1 Å². The van der Waals surface area contributed by atoms with Crippen LogP contribution in [-0.2, 0) is 0 Å². The topological polar surface area (TPSA) is 35.8 Å². The van der Waals surface area contributed by atoms with Crippen molar-refractivity contribution in [1.29, 1.82) is 5.26 Å². The van der Waals surface area contributed by atoms with E-state index in [4.69, 9.17) is 0 Å². The van der Waals surface area contributed by atoms with Crippen molar-refractivity contribution >= 4 is 0 Å². The van der Waals surface area contributed by atoms with Crippen molar-refractivity contribution in [3.05, 3.63) is 0 Å². The van der Waals surface area contributed by atoms with Crippen LogP contribution in [0.4, 0.5) is 0 Å². The summed E-state index contributed by atoms with van der Waals surface area (Å²) in [6.45, 7) is 7.32. The Kier molecular flexibility index (Phi) is 2.44. The van der Waals surface area contributed by atoms with Gasteiger partial charge in [-0.3, -0.25) is 5.32 Å². The van der Waals surface area contributed by atoms with Crippen molar-refractivity contribution in [2.75, 3.05) is 6.54 Å². The third kappa shape index (κ3) is 1.23. The molecular weight excluding hydrogens is 148 g/mol. The van der Waals surface area contributed by atoms with Gasteiger partial charge in [-0.2, -0.15) is 5.26 Å². The molecule has 0 aromatic rings. The first kappa shape index (κ1) is 9.54. The number of nitrogens with zero attached hydrogens (tertiary/aromatic N) is 1. The molecule has 0 aromatic heterocycles. The Morgan fingerprint density at radius 2 is 2.08 bits per heavy atom. The van der Waals surface area contributed by atoms with Gasteiger partial charge in [0.05, 0.1) is 6.07 Å². The van der Waals surface area contributed by atoms with Crippen molar-refractivity contribution in [2.24, 2.45) is 5.41 Å². The van der Waals surface area contributed by atoms with Gasteiger partial charge in [0.15, 0.2) is 0 Å². The highest BCUT2D eigenvalue weighted by atomic mass is 15.0. The molecule has 0 amide bonds. The lowest BCUT2D eigenvalue weighted by Gasteiger charge is -2.36. The van der Waals surface area contributed by atoms with Crippen LogP contribution in [0.25, 0.3) is 0 Å². The van der Waals surface area contributed by atoms with E-state index in [1.165, 1.54) is 6.42 Å². The first-order valence-electron chi connectivity index (χ1n) is 4.74. The van der Waals surface area contributed by atoms with Gasteiger partial charge in [-0.25, -0.2) is 0 Å². The second kappa shape index (κ2) is 3.06. The van der Waals surface area contributed by atoms with E-state index in [0.29, 0.717) is 0 Å². The van der Waals surface area contributed by atoms with Gasteiger partial charge in [0.2, 0.25) is 0 Å². The van der Waals surface area contributed by atoms with Crippen LogP contribution >= 0.6 is 0 Å². The third-order valence-corrected chi connectivity index (χ3v) is 3.18. The Bertz CT molecular complexity index is 202. The quantitative estimate of drug-likeness (QED) is 0.681. The van der Waals surface area contributed by atoms with Gasteiger partial charge in [0, 0.05) is 0 Å². The van der Waals surface area contributed by atoms with Gasteiger partial charge in [0.1, 0.15) is 5.54 Å². The normalized spacial score (nSPS) is 33.2. The fourth-order valence-electron chi connectivity index (χ4n) is 2.22. The fraction of sp³-hybridized carbons (Fsp3) is 0.900. The van der Waals surface area contributed by atoms with E-state index in [9.17, 15) is 5.26 Å².